The van der Waals surface area contributed by atoms with Gasteiger partial charge in [-0.1, -0.05) is 0 Å². The minimum Gasteiger partial charge on any atom is -0.444 e. The van der Waals surface area contributed by atoms with E-state index in [2.05, 4.69) is 44.7 Å². The summed E-state index contributed by atoms with van der Waals surface area (Å²) in [4.78, 5) is 18.6. The lowest BCUT2D eigenvalue weighted by molar-refractivity contribution is 0.0289. The van der Waals surface area contributed by atoms with Crippen molar-refractivity contribution in [3.8, 4) is 0 Å². The number of pyridine rings is 1. The number of halogens is 1. The van der Waals surface area contributed by atoms with E-state index >= 15 is 0 Å². The molecular formula is C17H22BrN3O2. The normalized spacial score (nSPS) is 18.7. The number of ether oxygens (including phenoxy) is 1. The molecule has 2 aromatic rings. The third kappa shape index (κ3) is 3.37. The Morgan fingerprint density at radius 2 is 2.17 bits per heavy atom. The van der Waals surface area contributed by atoms with Crippen molar-refractivity contribution in [2.24, 2.45) is 0 Å². The molecule has 0 bridgehead atoms. The highest BCUT2D eigenvalue weighted by Gasteiger charge is 2.31. The molecule has 0 aliphatic carbocycles. The molecule has 1 aliphatic rings. The maximum absolute atomic E-state index is 12.2. The first kappa shape index (κ1) is 16.3. The van der Waals surface area contributed by atoms with Crippen molar-refractivity contribution in [1.82, 2.24) is 14.5 Å². The number of rotatable bonds is 1. The van der Waals surface area contributed by atoms with Crippen molar-refractivity contribution in [3.05, 3.63) is 28.5 Å². The number of hydrogen-bond donors (Lipinski definition) is 0. The lowest BCUT2D eigenvalue weighted by Gasteiger charge is -2.24. The van der Waals surface area contributed by atoms with Crippen LogP contribution in [0.25, 0.3) is 11.0 Å². The monoisotopic (exact) mass is 379 g/mol. The Balaban J connectivity index is 1.81. The third-order valence-corrected chi connectivity index (χ3v) is 4.48. The maximum atomic E-state index is 12.2. The van der Waals surface area contributed by atoms with Gasteiger partial charge in [0.15, 0.2) is 0 Å². The molecule has 0 N–H and O–H groups in total. The minimum absolute atomic E-state index is 0.233. The van der Waals surface area contributed by atoms with Crippen LogP contribution in [0.15, 0.2) is 22.9 Å². The molecule has 0 aromatic carbocycles. The van der Waals surface area contributed by atoms with Gasteiger partial charge >= 0.3 is 6.09 Å². The molecule has 0 spiro atoms. The molecule has 1 unspecified atom stereocenters. The number of aryl methyl sites for hydroxylation is 1. The van der Waals surface area contributed by atoms with Crippen molar-refractivity contribution in [3.63, 3.8) is 0 Å². The van der Waals surface area contributed by atoms with Crippen molar-refractivity contribution < 1.29 is 9.53 Å². The summed E-state index contributed by atoms with van der Waals surface area (Å²) in [5, 5.41) is 1.15. The molecule has 3 rings (SSSR count). The Hall–Kier alpha value is -1.56. The summed E-state index contributed by atoms with van der Waals surface area (Å²) < 4.78 is 8.65. The van der Waals surface area contributed by atoms with Gasteiger partial charge in [-0.05, 0) is 61.7 Å². The molecule has 1 aliphatic heterocycles. The van der Waals surface area contributed by atoms with Gasteiger partial charge in [0.1, 0.15) is 11.2 Å². The van der Waals surface area contributed by atoms with Crippen molar-refractivity contribution in [2.45, 2.75) is 45.8 Å². The van der Waals surface area contributed by atoms with Crippen LogP contribution in [0, 0.1) is 6.92 Å². The first-order valence-electron chi connectivity index (χ1n) is 7.85. The average molecular weight is 380 g/mol. The van der Waals surface area contributed by atoms with E-state index in [4.69, 9.17) is 4.74 Å². The van der Waals surface area contributed by atoms with Gasteiger partial charge < -0.3 is 14.2 Å². The van der Waals surface area contributed by atoms with Gasteiger partial charge in [-0.2, -0.15) is 0 Å². The van der Waals surface area contributed by atoms with Gasteiger partial charge in [0.25, 0.3) is 0 Å². The van der Waals surface area contributed by atoms with Crippen LogP contribution in [0.3, 0.4) is 0 Å². The summed E-state index contributed by atoms with van der Waals surface area (Å²) in [7, 11) is 0. The Kier molecular flexibility index (Phi) is 4.12. The van der Waals surface area contributed by atoms with E-state index in [1.54, 1.807) is 4.90 Å². The van der Waals surface area contributed by atoms with Gasteiger partial charge in [0.05, 0.1) is 6.04 Å². The lowest BCUT2D eigenvalue weighted by atomic mass is 10.2. The van der Waals surface area contributed by atoms with E-state index in [0.29, 0.717) is 6.54 Å². The van der Waals surface area contributed by atoms with Crippen molar-refractivity contribution in [1.29, 1.82) is 0 Å². The molecule has 6 heteroatoms. The average Bonchev–Trinajstić information content (AvgIpc) is 3.02. The Morgan fingerprint density at radius 3 is 2.87 bits per heavy atom. The molecule has 0 radical (unpaired) electrons. The second-order valence-electron chi connectivity index (χ2n) is 7.11. The number of nitrogens with zero attached hydrogens (tertiary/aromatic N) is 3. The topological polar surface area (TPSA) is 47.4 Å². The second-order valence-corrected chi connectivity index (χ2v) is 8.03. The summed E-state index contributed by atoms with van der Waals surface area (Å²) >= 11 is 3.47. The summed E-state index contributed by atoms with van der Waals surface area (Å²) in [5.74, 6) is 0. The van der Waals surface area contributed by atoms with E-state index in [9.17, 15) is 4.79 Å². The minimum atomic E-state index is -0.459. The van der Waals surface area contributed by atoms with E-state index < -0.39 is 5.60 Å². The summed E-state index contributed by atoms with van der Waals surface area (Å²) in [6, 6.07) is 2.33. The van der Waals surface area contributed by atoms with Crippen LogP contribution in [-0.2, 0) is 4.74 Å². The predicted molar refractivity (Wildman–Crippen MR) is 93.6 cm³/mol. The molecule has 3 heterocycles. The Labute approximate surface area is 144 Å². The lowest BCUT2D eigenvalue weighted by Crippen LogP contribution is -2.35. The van der Waals surface area contributed by atoms with Crippen LogP contribution in [0.1, 0.15) is 38.8 Å². The zero-order valence-corrected chi connectivity index (χ0v) is 15.6. The molecule has 1 atom stereocenters. The largest absolute Gasteiger partial charge is 0.444 e. The van der Waals surface area contributed by atoms with Crippen LogP contribution in [0.4, 0.5) is 4.79 Å². The number of likely N-dealkylation sites (tertiary alicyclic amines) is 1. The SMILES string of the molecule is Cc1cn(C2CCN(C(=O)OC(C)(C)C)C2)c2ncc(Br)cc12. The van der Waals surface area contributed by atoms with E-state index in [1.165, 1.54) is 5.56 Å². The summed E-state index contributed by atoms with van der Waals surface area (Å²) in [6.45, 7) is 9.15. The predicted octanol–water partition coefficient (Wildman–Crippen LogP) is 4.29. The molecule has 2 aromatic heterocycles. The number of carbonyl (C=O) groups is 1. The van der Waals surface area contributed by atoms with Crippen molar-refractivity contribution >= 4 is 33.1 Å². The van der Waals surface area contributed by atoms with Gasteiger partial charge in [0.2, 0.25) is 0 Å². The second kappa shape index (κ2) is 5.82. The number of hydrogen-bond acceptors (Lipinski definition) is 3. The maximum Gasteiger partial charge on any atom is 0.410 e. The molecule has 1 fully saturated rings. The number of aromatic nitrogens is 2. The first-order valence-corrected chi connectivity index (χ1v) is 8.64. The molecule has 124 valence electrons. The highest BCUT2D eigenvalue weighted by Crippen LogP contribution is 2.30. The van der Waals surface area contributed by atoms with Crippen LogP contribution in [-0.4, -0.2) is 39.2 Å². The van der Waals surface area contributed by atoms with Crippen LogP contribution >= 0.6 is 15.9 Å². The zero-order valence-electron chi connectivity index (χ0n) is 14.0. The first-order chi connectivity index (χ1) is 10.7. The molecule has 1 saturated heterocycles. The Bertz CT molecular complexity index is 748. The number of amides is 1. The molecule has 0 saturated carbocycles. The highest BCUT2D eigenvalue weighted by molar-refractivity contribution is 9.10. The number of carbonyl (C=O) groups excluding carboxylic acids is 1. The van der Waals surface area contributed by atoms with Gasteiger partial charge in [-0.3, -0.25) is 0 Å². The number of fused-ring (bicyclic) bond motifs is 1. The molecular weight excluding hydrogens is 358 g/mol. The summed E-state index contributed by atoms with van der Waals surface area (Å²) in [6.07, 6.45) is 4.63. The molecule has 1 amide bonds. The Morgan fingerprint density at radius 1 is 1.43 bits per heavy atom. The fourth-order valence-corrected chi connectivity index (χ4v) is 3.34. The zero-order chi connectivity index (χ0) is 16.8. The van der Waals surface area contributed by atoms with Crippen LogP contribution in [0.2, 0.25) is 0 Å². The van der Waals surface area contributed by atoms with Gasteiger partial charge in [0, 0.05) is 35.3 Å². The quantitative estimate of drug-likeness (QED) is 0.742. The fraction of sp³-hybridized carbons (Fsp3) is 0.529. The van der Waals surface area contributed by atoms with E-state index in [0.717, 1.165) is 28.5 Å². The van der Waals surface area contributed by atoms with Crippen LogP contribution in [0.5, 0.6) is 0 Å². The van der Waals surface area contributed by atoms with Gasteiger partial charge in [-0.15, -0.1) is 0 Å². The van der Waals surface area contributed by atoms with Gasteiger partial charge in [-0.25, -0.2) is 9.78 Å². The van der Waals surface area contributed by atoms with Crippen LogP contribution < -0.4 is 0 Å². The standard InChI is InChI=1S/C17H22BrN3O2/c1-11-9-21(15-14(11)7-12(18)8-19-15)13-5-6-20(10-13)16(22)23-17(2,3)4/h7-9,13H,5-6,10H2,1-4H3. The summed E-state index contributed by atoms with van der Waals surface area (Å²) in [5.41, 5.74) is 1.71. The molecule has 23 heavy (non-hydrogen) atoms. The highest BCUT2D eigenvalue weighted by atomic mass is 79.9. The third-order valence-electron chi connectivity index (χ3n) is 4.04. The van der Waals surface area contributed by atoms with E-state index in [-0.39, 0.29) is 12.1 Å². The molecule has 5 nitrogen and oxygen atoms in total. The van der Waals surface area contributed by atoms with E-state index in [1.807, 2.05) is 27.0 Å². The fourth-order valence-electron chi connectivity index (χ4n) is 3.01. The smallest absolute Gasteiger partial charge is 0.410 e. The van der Waals surface area contributed by atoms with Crippen molar-refractivity contribution in [2.75, 3.05) is 13.1 Å².